The van der Waals surface area contributed by atoms with Gasteiger partial charge in [-0.05, 0) is 105 Å². The maximum absolute atomic E-state index is 12.6. The van der Waals surface area contributed by atoms with E-state index in [9.17, 15) is 19.8 Å². The minimum atomic E-state index is -0.890. The van der Waals surface area contributed by atoms with Gasteiger partial charge in [0.2, 0.25) is 0 Å². The Labute approximate surface area is 217 Å². The van der Waals surface area contributed by atoms with Gasteiger partial charge in [-0.1, -0.05) is 51.0 Å². The molecule has 8 atom stereocenters. The number of ether oxygens (including phenoxy) is 1. The van der Waals surface area contributed by atoms with E-state index in [4.69, 9.17) is 4.74 Å². The molecule has 2 N–H and O–H groups in total. The fourth-order valence-electron chi connectivity index (χ4n) is 8.95. The first-order chi connectivity index (χ1) is 16.8. The predicted octanol–water partition coefficient (Wildman–Crippen LogP) is 6.62. The van der Waals surface area contributed by atoms with Crippen molar-refractivity contribution >= 4 is 11.9 Å². The Balaban J connectivity index is 1.82. The molecule has 0 radical (unpaired) electrons. The van der Waals surface area contributed by atoms with E-state index in [1.807, 2.05) is 13.8 Å². The third-order valence-electron chi connectivity index (χ3n) is 11.0. The van der Waals surface area contributed by atoms with E-state index in [0.29, 0.717) is 30.8 Å². The molecule has 0 heterocycles. The lowest BCUT2D eigenvalue weighted by Crippen LogP contribution is -2.56. The zero-order valence-electron chi connectivity index (χ0n) is 23.3. The number of carbonyl (C=O) groups is 2. The van der Waals surface area contributed by atoms with Crippen molar-refractivity contribution in [2.45, 2.75) is 112 Å². The van der Waals surface area contributed by atoms with Crippen LogP contribution in [0.2, 0.25) is 0 Å². The maximum atomic E-state index is 12.6. The van der Waals surface area contributed by atoms with Gasteiger partial charge in [0.05, 0.1) is 6.10 Å². The summed E-state index contributed by atoms with van der Waals surface area (Å²) in [5.41, 5.74) is 3.70. The number of allylic oxidation sites excluding steroid dienone is 4. The van der Waals surface area contributed by atoms with Crippen molar-refractivity contribution in [3.63, 3.8) is 0 Å². The number of aliphatic hydroxyl groups excluding tert-OH is 1. The number of aliphatic hydroxyl groups is 1. The maximum Gasteiger partial charge on any atom is 0.331 e. The van der Waals surface area contributed by atoms with E-state index < -0.39 is 12.1 Å². The van der Waals surface area contributed by atoms with Crippen LogP contribution in [0.1, 0.15) is 99.8 Å². The van der Waals surface area contributed by atoms with Gasteiger partial charge in [-0.15, -0.1) is 0 Å². The van der Waals surface area contributed by atoms with E-state index >= 15 is 0 Å². The van der Waals surface area contributed by atoms with E-state index in [-0.39, 0.29) is 40.2 Å². The summed E-state index contributed by atoms with van der Waals surface area (Å²) >= 11 is 0. The minimum Gasteiger partial charge on any atom is -0.478 e. The number of hydrogen-bond donors (Lipinski definition) is 2. The first-order valence-electron chi connectivity index (χ1n) is 13.9. The molecule has 0 unspecified atom stereocenters. The smallest absolute Gasteiger partial charge is 0.331 e. The second kappa shape index (κ2) is 9.45. The molecule has 4 aliphatic carbocycles. The van der Waals surface area contributed by atoms with Crippen LogP contribution in [0, 0.1) is 34.0 Å². The Morgan fingerprint density at radius 1 is 1.14 bits per heavy atom. The third kappa shape index (κ3) is 4.10. The molecular weight excluding hydrogens is 452 g/mol. The Morgan fingerprint density at radius 2 is 1.83 bits per heavy atom. The molecule has 3 saturated carbocycles. The zero-order chi connectivity index (χ0) is 26.6. The Kier molecular flexibility index (Phi) is 7.13. The lowest BCUT2D eigenvalue weighted by atomic mass is 9.40. The van der Waals surface area contributed by atoms with E-state index in [0.717, 1.165) is 37.7 Å². The number of carboxylic acid groups (broad SMARTS) is 1. The van der Waals surface area contributed by atoms with Crippen LogP contribution in [0.4, 0.5) is 0 Å². The number of carboxylic acids is 1. The van der Waals surface area contributed by atoms with Crippen LogP contribution in [0.3, 0.4) is 0 Å². The molecule has 0 aliphatic heterocycles. The van der Waals surface area contributed by atoms with Crippen LogP contribution in [0.25, 0.3) is 0 Å². The molecule has 0 aromatic heterocycles. The van der Waals surface area contributed by atoms with Gasteiger partial charge in [-0.25, -0.2) is 4.79 Å². The van der Waals surface area contributed by atoms with Crippen molar-refractivity contribution < 1.29 is 24.5 Å². The van der Waals surface area contributed by atoms with Crippen molar-refractivity contribution in [1.29, 1.82) is 0 Å². The number of carbonyl (C=O) groups excluding carboxylic acids is 1. The summed E-state index contributed by atoms with van der Waals surface area (Å²) in [5.74, 6) is -0.460. The average molecular weight is 499 g/mol. The fourth-order valence-corrected chi connectivity index (χ4v) is 8.95. The van der Waals surface area contributed by atoms with Gasteiger partial charge >= 0.3 is 11.9 Å². The van der Waals surface area contributed by atoms with Gasteiger partial charge < -0.3 is 14.9 Å². The highest BCUT2D eigenvalue weighted by Crippen LogP contribution is 2.72. The lowest BCUT2D eigenvalue weighted by molar-refractivity contribution is -0.145. The molecule has 200 valence electrons. The Bertz CT molecular complexity index is 1020. The SMILES string of the molecule is CC(=O)O[C@H]1C[C@@]2(C)[C@@H](CC=C3[C@]2(C)CC[C@H]2[C@H](C)[C@H](O)CC[C@]32C)C1=C(CCC=C(C)C)C(=O)O. The average Bonchev–Trinajstić information content (AvgIpc) is 3.05. The number of rotatable bonds is 5. The third-order valence-corrected chi connectivity index (χ3v) is 11.0. The highest BCUT2D eigenvalue weighted by Gasteiger charge is 2.66. The molecule has 0 aromatic rings. The van der Waals surface area contributed by atoms with Crippen molar-refractivity contribution in [3.05, 3.63) is 34.4 Å². The lowest BCUT2D eigenvalue weighted by Gasteiger charge is -2.64. The normalized spacial score (nSPS) is 42.9. The van der Waals surface area contributed by atoms with Gasteiger partial charge in [-0.2, -0.15) is 0 Å². The predicted molar refractivity (Wildman–Crippen MR) is 141 cm³/mol. The molecule has 0 amide bonds. The van der Waals surface area contributed by atoms with E-state index in [1.165, 1.54) is 18.1 Å². The summed E-state index contributed by atoms with van der Waals surface area (Å²) in [4.78, 5) is 24.8. The van der Waals surface area contributed by atoms with Crippen LogP contribution in [-0.2, 0) is 14.3 Å². The van der Waals surface area contributed by atoms with Crippen LogP contribution >= 0.6 is 0 Å². The van der Waals surface area contributed by atoms with Crippen LogP contribution in [0.15, 0.2) is 34.4 Å². The summed E-state index contributed by atoms with van der Waals surface area (Å²) in [6.07, 6.45) is 10.3. The summed E-state index contributed by atoms with van der Waals surface area (Å²) < 4.78 is 5.90. The topological polar surface area (TPSA) is 83.8 Å². The van der Waals surface area contributed by atoms with Crippen molar-refractivity contribution in [2.75, 3.05) is 0 Å². The number of aliphatic carboxylic acids is 1. The Morgan fingerprint density at radius 3 is 2.44 bits per heavy atom. The highest BCUT2D eigenvalue weighted by atomic mass is 16.5. The van der Waals surface area contributed by atoms with Gasteiger partial charge in [-0.3, -0.25) is 4.79 Å². The molecular formula is C31H46O5. The molecule has 0 saturated heterocycles. The molecule has 4 rings (SSSR count). The second-order valence-electron chi connectivity index (χ2n) is 13.0. The van der Waals surface area contributed by atoms with Gasteiger partial charge in [0, 0.05) is 12.5 Å². The van der Waals surface area contributed by atoms with Crippen molar-refractivity contribution in [1.82, 2.24) is 0 Å². The fraction of sp³-hybridized carbons (Fsp3) is 0.742. The monoisotopic (exact) mass is 498 g/mol. The summed E-state index contributed by atoms with van der Waals surface area (Å²) in [5, 5.41) is 20.9. The summed E-state index contributed by atoms with van der Waals surface area (Å²) in [6, 6.07) is 0. The number of fused-ring (bicyclic) bond motifs is 5. The van der Waals surface area contributed by atoms with Crippen molar-refractivity contribution in [2.24, 2.45) is 34.0 Å². The second-order valence-corrected chi connectivity index (χ2v) is 13.0. The quantitative estimate of drug-likeness (QED) is 0.253. The van der Waals surface area contributed by atoms with Crippen LogP contribution in [0.5, 0.6) is 0 Å². The van der Waals surface area contributed by atoms with E-state index in [2.05, 4.69) is 39.8 Å². The molecule has 5 nitrogen and oxygen atoms in total. The van der Waals surface area contributed by atoms with Gasteiger partial charge in [0.15, 0.2) is 0 Å². The van der Waals surface area contributed by atoms with Crippen LogP contribution in [-0.4, -0.2) is 34.4 Å². The number of esters is 1. The standard InChI is InChI=1S/C31H46O5/c1-18(2)9-8-10-21(28(34)35)27-23-11-12-26-29(5)15-14-24(33)19(3)22(29)13-16-30(26,6)31(23,7)17-25(27)36-20(4)32/h9,12,19,22-25,33H,8,10-11,13-17H2,1-7H3,(H,34,35)/t19-,22-,23-,24+,25-,29-,30-,31-/m0/s1. The van der Waals surface area contributed by atoms with Crippen molar-refractivity contribution in [3.8, 4) is 0 Å². The number of hydrogen-bond acceptors (Lipinski definition) is 4. The summed E-state index contributed by atoms with van der Waals surface area (Å²) in [7, 11) is 0. The molecule has 3 fully saturated rings. The van der Waals surface area contributed by atoms with E-state index in [1.54, 1.807) is 0 Å². The Hall–Kier alpha value is -1.88. The largest absolute Gasteiger partial charge is 0.478 e. The molecule has 0 aromatic carbocycles. The molecule has 0 bridgehead atoms. The summed E-state index contributed by atoms with van der Waals surface area (Å²) in [6.45, 7) is 14.8. The first-order valence-corrected chi connectivity index (χ1v) is 13.9. The molecule has 5 heteroatoms. The first kappa shape index (κ1) is 27.2. The van der Waals surface area contributed by atoms with Gasteiger partial charge in [0.25, 0.3) is 0 Å². The van der Waals surface area contributed by atoms with Gasteiger partial charge in [0.1, 0.15) is 6.10 Å². The van der Waals surface area contributed by atoms with Crippen LogP contribution < -0.4 is 0 Å². The zero-order valence-corrected chi connectivity index (χ0v) is 23.3. The molecule has 4 aliphatic rings. The highest BCUT2D eigenvalue weighted by molar-refractivity contribution is 5.88. The minimum absolute atomic E-state index is 0.0418. The molecule has 36 heavy (non-hydrogen) atoms. The molecule has 0 spiro atoms.